The molecule has 2 fully saturated rings. The molecule has 2 N–H and O–H groups in total. The Labute approximate surface area is 176 Å². The Morgan fingerprint density at radius 2 is 1.79 bits per heavy atom. The van der Waals surface area contributed by atoms with Crippen molar-refractivity contribution in [1.82, 2.24) is 14.9 Å². The van der Waals surface area contributed by atoms with Crippen molar-refractivity contribution in [2.75, 3.05) is 4.90 Å². The summed E-state index contributed by atoms with van der Waals surface area (Å²) >= 11 is 5.75. The van der Waals surface area contributed by atoms with E-state index in [0.717, 1.165) is 5.69 Å². The lowest BCUT2D eigenvalue weighted by Gasteiger charge is -2.30. The van der Waals surface area contributed by atoms with Crippen LogP contribution in [0.2, 0.25) is 0 Å². The molecule has 1 saturated carbocycles. The maximum atomic E-state index is 10.6. The fourth-order valence-electron chi connectivity index (χ4n) is 4.76. The largest absolute Gasteiger partial charge is 0.506 e. The molecule has 1 saturated heterocycles. The van der Waals surface area contributed by atoms with E-state index in [2.05, 4.69) is 33.2 Å². The van der Waals surface area contributed by atoms with Gasteiger partial charge in [0.25, 0.3) is 0 Å². The smallest absolute Gasteiger partial charge is 0.174 e. The zero-order chi connectivity index (χ0) is 19.8. The Balaban J connectivity index is 1.65. The standard InChI is InChI=1S/C23H24N4OS/c28-20-13-4-3-11-18(20)27-22(19-12-7-15-26(19)16-8-1-2-9-16)21(25-23(27)29)17-10-5-6-14-24-17/h3-7,10-16,21-22,28H,1-2,8-9H2,(H,25,29)/t21-,22+/m1/s1. The molecule has 0 amide bonds. The van der Waals surface area contributed by atoms with Gasteiger partial charge in [0, 0.05) is 24.1 Å². The van der Waals surface area contributed by atoms with Crippen molar-refractivity contribution < 1.29 is 5.11 Å². The predicted octanol–water partition coefficient (Wildman–Crippen LogP) is 4.88. The molecule has 0 spiro atoms. The first-order valence-electron chi connectivity index (χ1n) is 10.2. The normalized spacial score (nSPS) is 22.2. The Hall–Kier alpha value is -2.86. The summed E-state index contributed by atoms with van der Waals surface area (Å²) in [5.74, 6) is 0.224. The van der Waals surface area contributed by atoms with E-state index >= 15 is 0 Å². The summed E-state index contributed by atoms with van der Waals surface area (Å²) in [4.78, 5) is 6.66. The van der Waals surface area contributed by atoms with Crippen LogP contribution >= 0.6 is 12.2 Å². The van der Waals surface area contributed by atoms with Gasteiger partial charge in [-0.2, -0.15) is 0 Å². The van der Waals surface area contributed by atoms with Crippen LogP contribution in [0.3, 0.4) is 0 Å². The van der Waals surface area contributed by atoms with Gasteiger partial charge in [-0.15, -0.1) is 0 Å². The van der Waals surface area contributed by atoms with Crippen LogP contribution in [0, 0.1) is 0 Å². The van der Waals surface area contributed by atoms with Crippen LogP contribution in [0.5, 0.6) is 5.75 Å². The van der Waals surface area contributed by atoms with Crippen LogP contribution in [0.4, 0.5) is 5.69 Å². The number of pyridine rings is 1. The summed E-state index contributed by atoms with van der Waals surface area (Å²) in [7, 11) is 0. The molecule has 1 aliphatic carbocycles. The molecule has 6 heteroatoms. The highest BCUT2D eigenvalue weighted by atomic mass is 32.1. The summed E-state index contributed by atoms with van der Waals surface area (Å²) < 4.78 is 2.41. The van der Waals surface area contributed by atoms with Gasteiger partial charge in [-0.1, -0.05) is 31.0 Å². The van der Waals surface area contributed by atoms with E-state index in [1.807, 2.05) is 47.5 Å². The highest BCUT2D eigenvalue weighted by Crippen LogP contribution is 2.45. The van der Waals surface area contributed by atoms with Crippen molar-refractivity contribution in [1.29, 1.82) is 0 Å². The molecule has 148 valence electrons. The molecule has 1 aliphatic heterocycles. The van der Waals surface area contributed by atoms with Gasteiger partial charge in [-0.05, 0) is 61.5 Å². The second-order valence-corrected chi connectivity index (χ2v) is 8.15. The summed E-state index contributed by atoms with van der Waals surface area (Å²) in [6.45, 7) is 0. The molecule has 3 heterocycles. The number of benzene rings is 1. The summed E-state index contributed by atoms with van der Waals surface area (Å²) in [6.07, 6.45) is 8.96. The lowest BCUT2D eigenvalue weighted by atomic mass is 10.00. The van der Waals surface area contributed by atoms with Crippen molar-refractivity contribution >= 4 is 23.0 Å². The second kappa shape index (κ2) is 7.52. The average molecular weight is 405 g/mol. The van der Waals surface area contributed by atoms with Gasteiger partial charge < -0.3 is 19.9 Å². The maximum absolute atomic E-state index is 10.6. The number of hydrogen-bond donors (Lipinski definition) is 2. The number of aromatic hydroxyl groups is 1. The van der Waals surface area contributed by atoms with E-state index in [9.17, 15) is 5.11 Å². The summed E-state index contributed by atoms with van der Waals surface area (Å²) in [5.41, 5.74) is 2.85. The molecule has 2 atom stereocenters. The van der Waals surface area contributed by atoms with Gasteiger partial charge in [0.1, 0.15) is 11.8 Å². The van der Waals surface area contributed by atoms with Crippen LogP contribution in [0.25, 0.3) is 0 Å². The molecule has 5 nitrogen and oxygen atoms in total. The molecular formula is C23H24N4OS. The van der Waals surface area contributed by atoms with Gasteiger partial charge >= 0.3 is 0 Å². The molecule has 5 rings (SSSR count). The zero-order valence-corrected chi connectivity index (χ0v) is 16.9. The highest BCUT2D eigenvalue weighted by Gasteiger charge is 2.43. The first-order valence-corrected chi connectivity index (χ1v) is 10.6. The molecular weight excluding hydrogens is 380 g/mol. The number of nitrogens with zero attached hydrogens (tertiary/aromatic N) is 3. The van der Waals surface area contributed by atoms with Crippen LogP contribution in [-0.2, 0) is 0 Å². The minimum Gasteiger partial charge on any atom is -0.506 e. The first-order chi connectivity index (χ1) is 14.2. The molecule has 2 aromatic heterocycles. The van der Waals surface area contributed by atoms with E-state index in [-0.39, 0.29) is 17.8 Å². The molecule has 0 unspecified atom stereocenters. The van der Waals surface area contributed by atoms with E-state index in [1.165, 1.54) is 31.4 Å². The van der Waals surface area contributed by atoms with Gasteiger partial charge in [0.05, 0.1) is 17.4 Å². The summed E-state index contributed by atoms with van der Waals surface area (Å²) in [6, 6.07) is 18.0. The Morgan fingerprint density at radius 1 is 1.00 bits per heavy atom. The number of rotatable bonds is 4. The average Bonchev–Trinajstić information content (AvgIpc) is 3.48. The lowest BCUT2D eigenvalue weighted by molar-refractivity contribution is 0.454. The van der Waals surface area contributed by atoms with E-state index in [0.29, 0.717) is 16.8 Å². The lowest BCUT2D eigenvalue weighted by Crippen LogP contribution is -2.30. The molecule has 0 radical (unpaired) electrons. The van der Waals surface area contributed by atoms with Gasteiger partial charge in [-0.3, -0.25) is 4.98 Å². The quantitative estimate of drug-likeness (QED) is 0.607. The van der Waals surface area contributed by atoms with Crippen LogP contribution < -0.4 is 10.2 Å². The number of nitrogens with one attached hydrogen (secondary N) is 1. The Morgan fingerprint density at radius 3 is 2.55 bits per heavy atom. The fraction of sp³-hybridized carbons (Fsp3) is 0.304. The number of anilines is 1. The maximum Gasteiger partial charge on any atom is 0.174 e. The molecule has 1 aromatic carbocycles. The van der Waals surface area contributed by atoms with Crippen LogP contribution in [-0.4, -0.2) is 19.8 Å². The number of para-hydroxylation sites is 2. The monoisotopic (exact) mass is 404 g/mol. The van der Waals surface area contributed by atoms with Crippen molar-refractivity contribution in [2.45, 2.75) is 43.8 Å². The number of phenolic OH excluding ortho intramolecular Hbond substituents is 1. The van der Waals surface area contributed by atoms with Crippen LogP contribution in [0.1, 0.15) is 55.2 Å². The third kappa shape index (κ3) is 3.17. The van der Waals surface area contributed by atoms with Gasteiger partial charge in [0.2, 0.25) is 0 Å². The number of aromatic nitrogens is 2. The molecule has 29 heavy (non-hydrogen) atoms. The van der Waals surface area contributed by atoms with E-state index < -0.39 is 0 Å². The minimum absolute atomic E-state index is 0.0960. The zero-order valence-electron chi connectivity index (χ0n) is 16.1. The molecule has 0 bridgehead atoms. The topological polar surface area (TPSA) is 53.3 Å². The number of hydrogen-bond acceptors (Lipinski definition) is 3. The van der Waals surface area contributed by atoms with E-state index in [4.69, 9.17) is 12.2 Å². The second-order valence-electron chi connectivity index (χ2n) is 7.76. The molecule has 3 aromatic rings. The Kier molecular flexibility index (Phi) is 4.72. The van der Waals surface area contributed by atoms with Gasteiger partial charge in [0.15, 0.2) is 5.11 Å². The third-order valence-corrected chi connectivity index (χ3v) is 6.39. The highest BCUT2D eigenvalue weighted by molar-refractivity contribution is 7.80. The summed E-state index contributed by atoms with van der Waals surface area (Å²) in [5, 5.41) is 14.7. The molecule has 2 aliphatic rings. The first kappa shape index (κ1) is 18.2. The minimum atomic E-state index is -0.0987. The predicted molar refractivity (Wildman–Crippen MR) is 118 cm³/mol. The van der Waals surface area contributed by atoms with Crippen molar-refractivity contribution in [3.63, 3.8) is 0 Å². The number of thiocarbonyl (C=S) groups is 1. The SMILES string of the molecule is Oc1ccccc1N1C(=S)N[C@H](c2ccccn2)[C@@H]1c1cccn1C1CCCC1. The Bertz CT molecular complexity index is 1010. The third-order valence-electron chi connectivity index (χ3n) is 6.07. The van der Waals surface area contributed by atoms with E-state index in [1.54, 1.807) is 6.07 Å². The number of phenols is 1. The van der Waals surface area contributed by atoms with Crippen molar-refractivity contribution in [3.8, 4) is 5.75 Å². The van der Waals surface area contributed by atoms with Crippen molar-refractivity contribution in [3.05, 3.63) is 78.4 Å². The van der Waals surface area contributed by atoms with Crippen molar-refractivity contribution in [2.24, 2.45) is 0 Å². The van der Waals surface area contributed by atoms with Crippen LogP contribution in [0.15, 0.2) is 67.0 Å². The van der Waals surface area contributed by atoms with Gasteiger partial charge in [-0.25, -0.2) is 0 Å². The fourth-order valence-corrected chi connectivity index (χ4v) is 5.09.